The molecule has 2 fully saturated rings. The highest BCUT2D eigenvalue weighted by Gasteiger charge is 2.26. The van der Waals surface area contributed by atoms with E-state index in [1.54, 1.807) is 0 Å². The smallest absolute Gasteiger partial charge is 0.0643 e. The molecule has 1 heterocycles. The second-order valence-corrected chi connectivity index (χ2v) is 6.34. The summed E-state index contributed by atoms with van der Waals surface area (Å²) in [6.45, 7) is 2.07. The highest BCUT2D eigenvalue weighted by molar-refractivity contribution is 6.33. The van der Waals surface area contributed by atoms with Crippen molar-refractivity contribution in [2.24, 2.45) is 0 Å². The minimum atomic E-state index is 0.209. The van der Waals surface area contributed by atoms with Gasteiger partial charge in [-0.05, 0) is 43.7 Å². The lowest BCUT2D eigenvalue weighted by Gasteiger charge is -2.38. The summed E-state index contributed by atoms with van der Waals surface area (Å²) >= 11 is 6.46. The first-order chi connectivity index (χ1) is 9.79. The molecule has 2 N–H and O–H groups in total. The van der Waals surface area contributed by atoms with Crippen molar-refractivity contribution in [3.05, 3.63) is 28.8 Å². The SMILES string of the molecule is OCC1CCCCN1c1c(Cl)cccc1CNC1CC1. The van der Waals surface area contributed by atoms with Crippen molar-refractivity contribution >= 4 is 17.3 Å². The summed E-state index contributed by atoms with van der Waals surface area (Å²) in [5.74, 6) is 0. The first-order valence-electron chi connectivity index (χ1n) is 7.68. The van der Waals surface area contributed by atoms with Crippen LogP contribution in [0.25, 0.3) is 0 Å². The maximum atomic E-state index is 9.63. The summed E-state index contributed by atoms with van der Waals surface area (Å²) in [5.41, 5.74) is 2.38. The van der Waals surface area contributed by atoms with Crippen LogP contribution in [0.15, 0.2) is 18.2 Å². The van der Waals surface area contributed by atoms with Crippen LogP contribution in [0.2, 0.25) is 5.02 Å². The monoisotopic (exact) mass is 294 g/mol. The van der Waals surface area contributed by atoms with Crippen LogP contribution < -0.4 is 10.2 Å². The third kappa shape index (κ3) is 3.11. The fourth-order valence-electron chi connectivity index (χ4n) is 3.05. The molecule has 1 saturated heterocycles. The molecular weight excluding hydrogens is 272 g/mol. The Labute approximate surface area is 125 Å². The maximum absolute atomic E-state index is 9.63. The number of nitrogens with zero attached hydrogens (tertiary/aromatic N) is 1. The van der Waals surface area contributed by atoms with Crippen molar-refractivity contribution in [2.75, 3.05) is 18.1 Å². The van der Waals surface area contributed by atoms with E-state index < -0.39 is 0 Å². The van der Waals surface area contributed by atoms with Gasteiger partial charge in [0.05, 0.1) is 23.4 Å². The van der Waals surface area contributed by atoms with Crippen molar-refractivity contribution in [2.45, 2.75) is 50.7 Å². The van der Waals surface area contributed by atoms with Crippen LogP contribution in [0.3, 0.4) is 0 Å². The number of piperidine rings is 1. The quantitative estimate of drug-likeness (QED) is 0.876. The molecule has 0 spiro atoms. The van der Waals surface area contributed by atoms with Gasteiger partial charge in [-0.15, -0.1) is 0 Å². The molecule has 2 aliphatic rings. The van der Waals surface area contributed by atoms with Crippen molar-refractivity contribution in [3.63, 3.8) is 0 Å². The molecule has 3 rings (SSSR count). The van der Waals surface area contributed by atoms with Gasteiger partial charge in [0, 0.05) is 19.1 Å². The molecule has 0 aromatic heterocycles. The molecule has 1 saturated carbocycles. The molecule has 3 nitrogen and oxygen atoms in total. The summed E-state index contributed by atoms with van der Waals surface area (Å²) in [5, 5.41) is 14.0. The zero-order valence-corrected chi connectivity index (χ0v) is 12.6. The zero-order valence-electron chi connectivity index (χ0n) is 11.8. The second-order valence-electron chi connectivity index (χ2n) is 5.93. The van der Waals surface area contributed by atoms with Gasteiger partial charge in [0.1, 0.15) is 0 Å². The number of hydrogen-bond acceptors (Lipinski definition) is 3. The van der Waals surface area contributed by atoms with E-state index in [0.29, 0.717) is 6.04 Å². The third-order valence-corrected chi connectivity index (χ3v) is 4.66. The Morgan fingerprint density at radius 1 is 1.25 bits per heavy atom. The van der Waals surface area contributed by atoms with Gasteiger partial charge >= 0.3 is 0 Å². The summed E-state index contributed by atoms with van der Waals surface area (Å²) < 4.78 is 0. The van der Waals surface area contributed by atoms with Crippen LogP contribution >= 0.6 is 11.6 Å². The first-order valence-corrected chi connectivity index (χ1v) is 8.05. The molecule has 4 heteroatoms. The highest BCUT2D eigenvalue weighted by atomic mass is 35.5. The number of rotatable bonds is 5. The van der Waals surface area contributed by atoms with Crippen molar-refractivity contribution in [1.29, 1.82) is 0 Å². The Hall–Kier alpha value is -0.770. The molecule has 1 unspecified atom stereocenters. The molecule has 1 aromatic rings. The molecule has 0 amide bonds. The van der Waals surface area contributed by atoms with Crippen molar-refractivity contribution < 1.29 is 5.11 Å². The standard InChI is InChI=1S/C16H23ClN2O/c17-15-6-3-4-12(10-18-13-7-8-13)16(15)19-9-2-1-5-14(19)11-20/h3-4,6,13-14,18,20H,1-2,5,7-11H2. The Balaban J connectivity index is 1.84. The second kappa shape index (κ2) is 6.33. The van der Waals surface area contributed by atoms with E-state index in [-0.39, 0.29) is 12.6 Å². The molecule has 1 aliphatic carbocycles. The number of benzene rings is 1. The fraction of sp³-hybridized carbons (Fsp3) is 0.625. The van der Waals surface area contributed by atoms with Crippen LogP contribution in [0.4, 0.5) is 5.69 Å². The van der Waals surface area contributed by atoms with E-state index in [9.17, 15) is 5.11 Å². The van der Waals surface area contributed by atoms with Gasteiger partial charge < -0.3 is 15.3 Å². The summed E-state index contributed by atoms with van der Waals surface area (Å²) in [6.07, 6.45) is 6.01. The maximum Gasteiger partial charge on any atom is 0.0643 e. The molecule has 110 valence electrons. The van der Waals surface area contributed by atoms with E-state index in [2.05, 4.69) is 16.3 Å². The van der Waals surface area contributed by atoms with Gasteiger partial charge in [0.15, 0.2) is 0 Å². The lowest BCUT2D eigenvalue weighted by molar-refractivity contribution is 0.240. The molecular formula is C16H23ClN2O. The van der Waals surface area contributed by atoms with E-state index >= 15 is 0 Å². The lowest BCUT2D eigenvalue weighted by Crippen LogP contribution is -2.42. The van der Waals surface area contributed by atoms with Gasteiger partial charge in [0.2, 0.25) is 0 Å². The van der Waals surface area contributed by atoms with Crippen LogP contribution in [0.1, 0.15) is 37.7 Å². The predicted molar refractivity (Wildman–Crippen MR) is 83.4 cm³/mol. The Bertz CT molecular complexity index is 462. The third-order valence-electron chi connectivity index (χ3n) is 4.35. The molecule has 1 aromatic carbocycles. The number of para-hydroxylation sites is 1. The van der Waals surface area contributed by atoms with Gasteiger partial charge in [-0.3, -0.25) is 0 Å². The molecule has 1 aliphatic heterocycles. The number of halogens is 1. The minimum absolute atomic E-state index is 0.209. The van der Waals surface area contributed by atoms with E-state index in [0.717, 1.165) is 30.2 Å². The normalized spacial score (nSPS) is 23.1. The van der Waals surface area contributed by atoms with Crippen molar-refractivity contribution in [1.82, 2.24) is 5.32 Å². The van der Waals surface area contributed by atoms with Crippen LogP contribution in [0.5, 0.6) is 0 Å². The molecule has 20 heavy (non-hydrogen) atoms. The molecule has 1 atom stereocenters. The largest absolute Gasteiger partial charge is 0.394 e. The highest BCUT2D eigenvalue weighted by Crippen LogP contribution is 2.34. The van der Waals surface area contributed by atoms with Gasteiger partial charge in [-0.25, -0.2) is 0 Å². The van der Waals surface area contributed by atoms with Crippen LogP contribution in [0, 0.1) is 0 Å². The van der Waals surface area contributed by atoms with Gasteiger partial charge in [-0.2, -0.15) is 0 Å². The average molecular weight is 295 g/mol. The summed E-state index contributed by atoms with van der Waals surface area (Å²) in [7, 11) is 0. The number of nitrogens with one attached hydrogen (secondary N) is 1. The Kier molecular flexibility index (Phi) is 4.49. The van der Waals surface area contributed by atoms with E-state index in [1.165, 1.54) is 31.2 Å². The van der Waals surface area contributed by atoms with Gasteiger partial charge in [-0.1, -0.05) is 23.7 Å². The summed E-state index contributed by atoms with van der Waals surface area (Å²) in [4.78, 5) is 2.32. The summed E-state index contributed by atoms with van der Waals surface area (Å²) in [6, 6.07) is 7.04. The number of aliphatic hydroxyl groups excluding tert-OH is 1. The Morgan fingerprint density at radius 2 is 2.10 bits per heavy atom. The first kappa shape index (κ1) is 14.2. The average Bonchev–Trinajstić information content (AvgIpc) is 3.29. The number of anilines is 1. The number of hydrogen-bond donors (Lipinski definition) is 2. The zero-order chi connectivity index (χ0) is 13.9. The number of aliphatic hydroxyl groups is 1. The van der Waals surface area contributed by atoms with Crippen molar-refractivity contribution in [3.8, 4) is 0 Å². The topological polar surface area (TPSA) is 35.5 Å². The van der Waals surface area contributed by atoms with Crippen LogP contribution in [-0.4, -0.2) is 30.3 Å². The van der Waals surface area contributed by atoms with E-state index in [1.807, 2.05) is 12.1 Å². The fourth-order valence-corrected chi connectivity index (χ4v) is 3.35. The predicted octanol–water partition coefficient (Wildman–Crippen LogP) is 2.94. The minimum Gasteiger partial charge on any atom is -0.394 e. The van der Waals surface area contributed by atoms with Gasteiger partial charge in [0.25, 0.3) is 0 Å². The Morgan fingerprint density at radius 3 is 2.85 bits per heavy atom. The molecule has 0 radical (unpaired) electrons. The lowest BCUT2D eigenvalue weighted by atomic mass is 10.00. The molecule has 0 bridgehead atoms. The van der Waals surface area contributed by atoms with E-state index in [4.69, 9.17) is 11.6 Å². The van der Waals surface area contributed by atoms with Crippen LogP contribution in [-0.2, 0) is 6.54 Å².